The van der Waals surface area contributed by atoms with Crippen molar-refractivity contribution in [3.8, 4) is 0 Å². The fourth-order valence-corrected chi connectivity index (χ4v) is 3.44. The Morgan fingerprint density at radius 2 is 2.10 bits per heavy atom. The van der Waals surface area contributed by atoms with Gasteiger partial charge in [-0.25, -0.2) is 0 Å². The maximum atomic E-state index is 5.49. The van der Waals surface area contributed by atoms with E-state index in [0.29, 0.717) is 0 Å². The quantitative estimate of drug-likeness (QED) is 0.512. The Balaban J connectivity index is 3.69. The summed E-state index contributed by atoms with van der Waals surface area (Å²) in [6.07, 6.45) is 0. The second-order valence-electron chi connectivity index (χ2n) is 2.24. The van der Waals surface area contributed by atoms with Crippen molar-refractivity contribution in [3.63, 3.8) is 0 Å². The third kappa shape index (κ3) is 3.61. The zero-order chi connectivity index (χ0) is 8.04. The first-order chi connectivity index (χ1) is 4.68. The van der Waals surface area contributed by atoms with Crippen LogP contribution in [0.2, 0.25) is 12.6 Å². The average Bonchev–Trinajstić information content (AvgIpc) is 1.89. The van der Waals surface area contributed by atoms with Crippen LogP contribution < -0.4 is 0 Å². The molecule has 2 nitrogen and oxygen atoms in total. The van der Waals surface area contributed by atoms with Gasteiger partial charge in [0.15, 0.2) is 0 Å². The summed E-state index contributed by atoms with van der Waals surface area (Å²) in [5, 5.41) is 0. The van der Waals surface area contributed by atoms with Crippen LogP contribution in [-0.2, 0) is 8.85 Å². The molecule has 0 saturated carbocycles. The molecule has 0 heterocycles. The van der Waals surface area contributed by atoms with Gasteiger partial charge in [-0.1, -0.05) is 0 Å². The molecule has 0 aromatic rings. The normalized spacial score (nSPS) is 16.8. The minimum atomic E-state index is -1.80. The SMILES string of the molecule is CCO[Si](C)(CCS)OC. The molecule has 0 rings (SSSR count). The summed E-state index contributed by atoms with van der Waals surface area (Å²) >= 11 is 4.14. The summed E-state index contributed by atoms with van der Waals surface area (Å²) < 4.78 is 10.8. The lowest BCUT2D eigenvalue weighted by molar-refractivity contribution is 0.217. The van der Waals surface area contributed by atoms with Gasteiger partial charge >= 0.3 is 8.56 Å². The Bertz CT molecular complexity index is 83.8. The molecule has 10 heavy (non-hydrogen) atoms. The first kappa shape index (κ1) is 10.5. The smallest absolute Gasteiger partial charge is 0.335 e. The zero-order valence-corrected chi connectivity index (χ0v) is 8.78. The molecule has 62 valence electrons. The highest BCUT2D eigenvalue weighted by atomic mass is 32.1. The molecule has 1 unspecified atom stereocenters. The highest BCUT2D eigenvalue weighted by Gasteiger charge is 2.27. The van der Waals surface area contributed by atoms with Gasteiger partial charge in [0.05, 0.1) is 0 Å². The van der Waals surface area contributed by atoms with Crippen LogP contribution in [0.4, 0.5) is 0 Å². The molecule has 0 aromatic heterocycles. The largest absolute Gasteiger partial charge is 0.398 e. The van der Waals surface area contributed by atoms with Gasteiger partial charge in [0.25, 0.3) is 0 Å². The second-order valence-corrected chi connectivity index (χ2v) is 6.16. The molecule has 1 atom stereocenters. The van der Waals surface area contributed by atoms with Crippen LogP contribution in [0.15, 0.2) is 0 Å². The molecule has 0 aromatic carbocycles. The Labute approximate surface area is 69.6 Å². The molecule has 0 radical (unpaired) electrons. The van der Waals surface area contributed by atoms with Crippen molar-refractivity contribution in [2.45, 2.75) is 19.5 Å². The van der Waals surface area contributed by atoms with Crippen LogP contribution >= 0.6 is 12.6 Å². The summed E-state index contributed by atoms with van der Waals surface area (Å²) in [4.78, 5) is 0. The molecule has 0 fully saturated rings. The lowest BCUT2D eigenvalue weighted by Crippen LogP contribution is -2.37. The topological polar surface area (TPSA) is 18.5 Å². The lowest BCUT2D eigenvalue weighted by atomic mass is 10.9. The predicted molar refractivity (Wildman–Crippen MR) is 48.9 cm³/mol. The molecule has 0 aliphatic carbocycles. The van der Waals surface area contributed by atoms with Gasteiger partial charge in [0.1, 0.15) is 0 Å². The van der Waals surface area contributed by atoms with E-state index >= 15 is 0 Å². The van der Waals surface area contributed by atoms with Gasteiger partial charge in [-0.2, -0.15) is 12.6 Å². The molecule has 0 saturated heterocycles. The standard InChI is InChI=1S/C6H16O2SSi/c1-4-8-10(3,7-2)6-5-9/h9H,4-6H2,1-3H3. The Morgan fingerprint density at radius 3 is 2.40 bits per heavy atom. The van der Waals surface area contributed by atoms with Crippen LogP contribution in [0.5, 0.6) is 0 Å². The maximum Gasteiger partial charge on any atom is 0.335 e. The van der Waals surface area contributed by atoms with Crippen LogP contribution in [-0.4, -0.2) is 28.0 Å². The van der Waals surface area contributed by atoms with E-state index in [1.165, 1.54) is 0 Å². The van der Waals surface area contributed by atoms with Gasteiger partial charge in [-0.15, -0.1) is 0 Å². The summed E-state index contributed by atoms with van der Waals surface area (Å²) in [6.45, 7) is 4.79. The van der Waals surface area contributed by atoms with Crippen LogP contribution in [0, 0.1) is 0 Å². The number of hydrogen-bond acceptors (Lipinski definition) is 3. The van der Waals surface area contributed by atoms with Crippen LogP contribution in [0.25, 0.3) is 0 Å². The van der Waals surface area contributed by atoms with Gasteiger partial charge in [-0.05, 0) is 25.3 Å². The fraction of sp³-hybridized carbons (Fsp3) is 1.00. The van der Waals surface area contributed by atoms with E-state index in [-0.39, 0.29) is 0 Å². The molecule has 0 amide bonds. The average molecular weight is 180 g/mol. The number of rotatable bonds is 5. The van der Waals surface area contributed by atoms with Crippen molar-refractivity contribution in [2.24, 2.45) is 0 Å². The van der Waals surface area contributed by atoms with E-state index in [2.05, 4.69) is 19.2 Å². The lowest BCUT2D eigenvalue weighted by Gasteiger charge is -2.23. The third-order valence-corrected chi connectivity index (χ3v) is 5.01. The highest BCUT2D eigenvalue weighted by Crippen LogP contribution is 2.12. The molecular weight excluding hydrogens is 164 g/mol. The van der Waals surface area contributed by atoms with Crippen LogP contribution in [0.1, 0.15) is 6.92 Å². The van der Waals surface area contributed by atoms with E-state index in [1.807, 2.05) is 6.92 Å². The van der Waals surface area contributed by atoms with Gasteiger partial charge in [0.2, 0.25) is 0 Å². The van der Waals surface area contributed by atoms with Crippen molar-refractivity contribution in [2.75, 3.05) is 19.5 Å². The van der Waals surface area contributed by atoms with E-state index in [9.17, 15) is 0 Å². The van der Waals surface area contributed by atoms with Crippen LogP contribution in [0.3, 0.4) is 0 Å². The predicted octanol–water partition coefficient (Wildman–Crippen LogP) is 1.67. The summed E-state index contributed by atoms with van der Waals surface area (Å²) in [5.41, 5.74) is 0. The number of thiol groups is 1. The van der Waals surface area contributed by atoms with Gasteiger partial charge in [0, 0.05) is 13.7 Å². The van der Waals surface area contributed by atoms with Gasteiger partial charge < -0.3 is 8.85 Å². The maximum absolute atomic E-state index is 5.49. The Kier molecular flexibility index (Phi) is 5.43. The van der Waals surface area contributed by atoms with E-state index < -0.39 is 8.56 Å². The first-order valence-electron chi connectivity index (χ1n) is 3.48. The minimum Gasteiger partial charge on any atom is -0.398 e. The molecule has 0 bridgehead atoms. The molecule has 0 spiro atoms. The van der Waals surface area contributed by atoms with Crippen molar-refractivity contribution in [3.05, 3.63) is 0 Å². The fourth-order valence-electron chi connectivity index (χ4n) is 0.742. The Hall–Kier alpha value is 0.487. The molecule has 0 N–H and O–H groups in total. The molecular formula is C6H16O2SSi. The van der Waals surface area contributed by atoms with Crippen molar-refractivity contribution in [1.82, 2.24) is 0 Å². The van der Waals surface area contributed by atoms with E-state index in [0.717, 1.165) is 18.4 Å². The second kappa shape index (κ2) is 5.18. The van der Waals surface area contributed by atoms with Crippen molar-refractivity contribution < 1.29 is 8.85 Å². The summed E-state index contributed by atoms with van der Waals surface area (Å²) in [7, 11) is -0.0862. The highest BCUT2D eigenvalue weighted by molar-refractivity contribution is 7.80. The van der Waals surface area contributed by atoms with E-state index in [1.54, 1.807) is 7.11 Å². The monoisotopic (exact) mass is 180 g/mol. The molecule has 0 aliphatic heterocycles. The van der Waals surface area contributed by atoms with Gasteiger partial charge in [-0.3, -0.25) is 0 Å². The first-order valence-corrected chi connectivity index (χ1v) is 6.64. The zero-order valence-electron chi connectivity index (χ0n) is 6.89. The van der Waals surface area contributed by atoms with Crippen molar-refractivity contribution in [1.29, 1.82) is 0 Å². The summed E-state index contributed by atoms with van der Waals surface area (Å²) in [5.74, 6) is 0.844. The van der Waals surface area contributed by atoms with Crippen molar-refractivity contribution >= 4 is 21.2 Å². The minimum absolute atomic E-state index is 0.740. The summed E-state index contributed by atoms with van der Waals surface area (Å²) in [6, 6.07) is 0.959. The Morgan fingerprint density at radius 1 is 1.50 bits per heavy atom. The molecule has 4 heteroatoms. The number of hydrogen-bond donors (Lipinski definition) is 1. The van der Waals surface area contributed by atoms with E-state index in [4.69, 9.17) is 8.85 Å². The third-order valence-electron chi connectivity index (χ3n) is 1.45. The molecule has 0 aliphatic rings.